The van der Waals surface area contributed by atoms with E-state index in [1.807, 2.05) is 56.3 Å². The highest BCUT2D eigenvalue weighted by molar-refractivity contribution is 6.34. The van der Waals surface area contributed by atoms with E-state index in [1.54, 1.807) is 19.1 Å². The van der Waals surface area contributed by atoms with E-state index in [2.05, 4.69) is 5.32 Å². The fourth-order valence-corrected chi connectivity index (χ4v) is 4.18. The molecule has 0 aliphatic carbocycles. The number of halogens is 1. The van der Waals surface area contributed by atoms with Crippen LogP contribution in [0.25, 0.3) is 22.3 Å². The highest BCUT2D eigenvalue weighted by Gasteiger charge is 2.21. The van der Waals surface area contributed by atoms with Gasteiger partial charge in [-0.25, -0.2) is 4.79 Å². The SMILES string of the molecule is Cc1cc(C(C)Nc2cccc(Cl)c2C(=O)O)c2oc(-c3ccccc3)c(C)c(=O)c2c1. The Morgan fingerprint density at radius 1 is 1.06 bits per heavy atom. The second-order valence-corrected chi connectivity index (χ2v) is 8.22. The Labute approximate surface area is 190 Å². The van der Waals surface area contributed by atoms with Crippen LogP contribution in [0.15, 0.2) is 69.9 Å². The number of carboxylic acids is 1. The van der Waals surface area contributed by atoms with Gasteiger partial charge in [0.25, 0.3) is 0 Å². The quantitative estimate of drug-likeness (QED) is 0.360. The summed E-state index contributed by atoms with van der Waals surface area (Å²) in [6.45, 7) is 5.57. The van der Waals surface area contributed by atoms with Gasteiger partial charge in [-0.05, 0) is 44.5 Å². The Hall–Kier alpha value is -3.57. The second-order valence-electron chi connectivity index (χ2n) is 7.82. The van der Waals surface area contributed by atoms with Crippen molar-refractivity contribution < 1.29 is 14.3 Å². The first-order valence-electron chi connectivity index (χ1n) is 10.2. The van der Waals surface area contributed by atoms with Crippen LogP contribution < -0.4 is 10.7 Å². The molecule has 4 aromatic rings. The Balaban J connectivity index is 1.90. The lowest BCUT2D eigenvalue weighted by atomic mass is 9.98. The Morgan fingerprint density at radius 3 is 2.47 bits per heavy atom. The number of carbonyl (C=O) groups is 1. The molecular formula is C26H22ClNO4. The first kappa shape index (κ1) is 21.7. The van der Waals surface area contributed by atoms with E-state index in [0.29, 0.717) is 28.0 Å². The predicted octanol–water partition coefficient (Wildman–Crippen LogP) is 6.60. The molecule has 1 aromatic heterocycles. The maximum absolute atomic E-state index is 13.2. The molecule has 3 aromatic carbocycles. The molecule has 4 rings (SSSR count). The van der Waals surface area contributed by atoms with Crippen LogP contribution >= 0.6 is 11.6 Å². The van der Waals surface area contributed by atoms with E-state index in [9.17, 15) is 14.7 Å². The second kappa shape index (κ2) is 8.52. The summed E-state index contributed by atoms with van der Waals surface area (Å²) in [7, 11) is 0. The highest BCUT2D eigenvalue weighted by Crippen LogP contribution is 2.33. The molecule has 0 saturated heterocycles. The Kier molecular flexibility index (Phi) is 5.76. The molecule has 5 nitrogen and oxygen atoms in total. The molecule has 162 valence electrons. The van der Waals surface area contributed by atoms with Gasteiger partial charge in [0.2, 0.25) is 0 Å². The van der Waals surface area contributed by atoms with Crippen molar-refractivity contribution in [3.63, 3.8) is 0 Å². The van der Waals surface area contributed by atoms with Crippen molar-refractivity contribution >= 4 is 34.2 Å². The topological polar surface area (TPSA) is 79.5 Å². The van der Waals surface area contributed by atoms with Gasteiger partial charge in [0, 0.05) is 16.7 Å². The van der Waals surface area contributed by atoms with Crippen molar-refractivity contribution in [2.24, 2.45) is 0 Å². The first-order chi connectivity index (χ1) is 15.3. The van der Waals surface area contributed by atoms with Crippen molar-refractivity contribution in [1.82, 2.24) is 0 Å². The third-order valence-corrected chi connectivity index (χ3v) is 5.81. The fraction of sp³-hybridized carbons (Fsp3) is 0.154. The van der Waals surface area contributed by atoms with Crippen LogP contribution in [0.1, 0.15) is 40.0 Å². The number of hydrogen-bond donors (Lipinski definition) is 2. The summed E-state index contributed by atoms with van der Waals surface area (Å²) < 4.78 is 6.32. The number of rotatable bonds is 5. The smallest absolute Gasteiger partial charge is 0.339 e. The number of aromatic carboxylic acids is 1. The highest BCUT2D eigenvalue weighted by atomic mass is 35.5. The van der Waals surface area contributed by atoms with E-state index in [-0.39, 0.29) is 22.1 Å². The lowest BCUT2D eigenvalue weighted by Gasteiger charge is -2.20. The van der Waals surface area contributed by atoms with Gasteiger partial charge in [-0.1, -0.05) is 54.1 Å². The molecule has 1 heterocycles. The minimum atomic E-state index is -1.12. The van der Waals surface area contributed by atoms with Gasteiger partial charge >= 0.3 is 5.97 Å². The number of nitrogens with one attached hydrogen (secondary N) is 1. The van der Waals surface area contributed by atoms with E-state index in [1.165, 1.54) is 6.07 Å². The van der Waals surface area contributed by atoms with E-state index in [0.717, 1.165) is 16.7 Å². The minimum absolute atomic E-state index is 0.000229. The molecule has 0 radical (unpaired) electrons. The zero-order valence-electron chi connectivity index (χ0n) is 17.9. The number of fused-ring (bicyclic) bond motifs is 1. The Bertz CT molecular complexity index is 1390. The van der Waals surface area contributed by atoms with Gasteiger partial charge in [-0.2, -0.15) is 0 Å². The van der Waals surface area contributed by atoms with Crippen molar-refractivity contribution in [2.75, 3.05) is 5.32 Å². The summed E-state index contributed by atoms with van der Waals surface area (Å²) in [6, 6.07) is 17.8. The summed E-state index contributed by atoms with van der Waals surface area (Å²) >= 11 is 6.12. The van der Waals surface area contributed by atoms with E-state index < -0.39 is 5.97 Å². The van der Waals surface area contributed by atoms with Gasteiger partial charge < -0.3 is 14.8 Å². The fourth-order valence-electron chi connectivity index (χ4n) is 3.93. The van der Waals surface area contributed by atoms with Crippen molar-refractivity contribution in [1.29, 1.82) is 0 Å². The van der Waals surface area contributed by atoms with Crippen LogP contribution in [-0.4, -0.2) is 11.1 Å². The Morgan fingerprint density at radius 2 is 1.78 bits per heavy atom. The predicted molar refractivity (Wildman–Crippen MR) is 128 cm³/mol. The van der Waals surface area contributed by atoms with Crippen LogP contribution in [0.4, 0.5) is 5.69 Å². The maximum atomic E-state index is 13.2. The lowest BCUT2D eigenvalue weighted by molar-refractivity contribution is 0.0698. The average Bonchev–Trinajstić information content (AvgIpc) is 2.76. The number of benzene rings is 3. The van der Waals surface area contributed by atoms with Gasteiger partial charge in [0.05, 0.1) is 22.1 Å². The monoisotopic (exact) mass is 447 g/mol. The molecule has 0 amide bonds. The lowest BCUT2D eigenvalue weighted by Crippen LogP contribution is -2.14. The number of aryl methyl sites for hydroxylation is 1. The number of hydrogen-bond acceptors (Lipinski definition) is 4. The maximum Gasteiger partial charge on any atom is 0.339 e. The van der Waals surface area contributed by atoms with Gasteiger partial charge in [0.1, 0.15) is 16.9 Å². The molecule has 1 atom stereocenters. The molecule has 0 bridgehead atoms. The summed E-state index contributed by atoms with van der Waals surface area (Å²) in [5, 5.41) is 13.5. The largest absolute Gasteiger partial charge is 0.478 e. The molecule has 0 saturated carbocycles. The molecule has 0 fully saturated rings. The van der Waals surface area contributed by atoms with Crippen LogP contribution in [0, 0.1) is 13.8 Å². The first-order valence-corrected chi connectivity index (χ1v) is 10.6. The van der Waals surface area contributed by atoms with Crippen molar-refractivity contribution in [3.05, 3.63) is 98.2 Å². The van der Waals surface area contributed by atoms with Gasteiger partial charge in [-0.15, -0.1) is 0 Å². The van der Waals surface area contributed by atoms with Gasteiger partial charge in [-0.3, -0.25) is 4.79 Å². The van der Waals surface area contributed by atoms with Crippen LogP contribution in [-0.2, 0) is 0 Å². The molecule has 0 aliphatic heterocycles. The summed E-state index contributed by atoms with van der Waals surface area (Å²) in [4.78, 5) is 24.9. The number of anilines is 1. The zero-order chi connectivity index (χ0) is 23.0. The van der Waals surface area contributed by atoms with Crippen LogP contribution in [0.3, 0.4) is 0 Å². The minimum Gasteiger partial charge on any atom is -0.478 e. The zero-order valence-corrected chi connectivity index (χ0v) is 18.7. The molecule has 32 heavy (non-hydrogen) atoms. The van der Waals surface area contributed by atoms with Crippen molar-refractivity contribution in [3.8, 4) is 11.3 Å². The molecule has 1 unspecified atom stereocenters. The number of carboxylic acid groups (broad SMARTS) is 1. The van der Waals surface area contributed by atoms with Crippen LogP contribution in [0.2, 0.25) is 5.02 Å². The molecule has 0 aliphatic rings. The van der Waals surface area contributed by atoms with Gasteiger partial charge in [0.15, 0.2) is 5.43 Å². The summed E-state index contributed by atoms with van der Waals surface area (Å²) in [5.74, 6) is -0.595. The van der Waals surface area contributed by atoms with E-state index in [4.69, 9.17) is 16.0 Å². The third kappa shape index (κ3) is 3.87. The van der Waals surface area contributed by atoms with Crippen LogP contribution in [0.5, 0.6) is 0 Å². The summed E-state index contributed by atoms with van der Waals surface area (Å²) in [5.41, 5.74) is 3.81. The van der Waals surface area contributed by atoms with Crippen molar-refractivity contribution in [2.45, 2.75) is 26.8 Å². The molecular weight excluding hydrogens is 426 g/mol. The molecule has 6 heteroatoms. The third-order valence-electron chi connectivity index (χ3n) is 5.49. The standard InChI is InChI=1S/C26H22ClNO4/c1-14-12-18(16(3)28-21-11-7-10-20(27)22(21)26(30)31)25-19(13-14)23(29)15(2)24(32-25)17-8-5-4-6-9-17/h4-13,16,28H,1-3H3,(H,30,31). The molecule has 2 N–H and O–H groups in total. The van der Waals surface area contributed by atoms with E-state index >= 15 is 0 Å². The average molecular weight is 448 g/mol. The summed E-state index contributed by atoms with van der Waals surface area (Å²) in [6.07, 6.45) is 0. The molecule has 0 spiro atoms. The normalized spacial score (nSPS) is 12.0.